The van der Waals surface area contributed by atoms with Gasteiger partial charge in [0.05, 0.1) is 11.4 Å². The first-order chi connectivity index (χ1) is 8.72. The van der Waals surface area contributed by atoms with Crippen LogP contribution in [-0.4, -0.2) is 19.6 Å². The van der Waals surface area contributed by atoms with Gasteiger partial charge in [-0.05, 0) is 18.9 Å². The topological polar surface area (TPSA) is 28.4 Å². The van der Waals surface area contributed by atoms with Gasteiger partial charge in [0, 0.05) is 19.6 Å². The van der Waals surface area contributed by atoms with Crippen molar-refractivity contribution in [3.63, 3.8) is 0 Å². The highest BCUT2D eigenvalue weighted by Crippen LogP contribution is 2.31. The Bertz CT molecular complexity index is 530. The van der Waals surface area contributed by atoms with E-state index >= 15 is 0 Å². The van der Waals surface area contributed by atoms with Crippen molar-refractivity contribution in [3.05, 3.63) is 47.9 Å². The van der Waals surface area contributed by atoms with Crippen molar-refractivity contribution in [2.24, 2.45) is 0 Å². The van der Waals surface area contributed by atoms with Crippen LogP contribution in [0.1, 0.15) is 11.1 Å². The third-order valence-electron chi connectivity index (χ3n) is 3.51. The number of hydrogen-bond acceptors (Lipinski definition) is 3. The molecule has 1 N–H and O–H groups in total. The molecular weight excluding hydrogens is 224 g/mol. The molecule has 0 radical (unpaired) electrons. The second-order valence-electron chi connectivity index (χ2n) is 5.08. The van der Waals surface area contributed by atoms with Crippen LogP contribution in [0.4, 0.5) is 11.4 Å². The number of nitrogens with one attached hydrogen (secondary N) is 1. The first kappa shape index (κ1) is 11.2. The zero-order chi connectivity index (χ0) is 12.5. The summed E-state index contributed by atoms with van der Waals surface area (Å²) in [4.78, 5) is 2.24. The quantitative estimate of drug-likeness (QED) is 0.877. The monoisotopic (exact) mass is 242 g/mol. The number of nitrogens with zero attached hydrogens (tertiary/aromatic N) is 1. The van der Waals surface area contributed by atoms with Gasteiger partial charge >= 0.3 is 0 Å². The van der Waals surface area contributed by atoms with E-state index in [2.05, 4.69) is 48.5 Å². The van der Waals surface area contributed by atoms with Gasteiger partial charge in [0.25, 0.3) is 0 Å². The lowest BCUT2D eigenvalue weighted by molar-refractivity contribution is 0.568. The minimum absolute atomic E-state index is 0.433. The number of rotatable bonds is 2. The highest BCUT2D eigenvalue weighted by molar-refractivity contribution is 5.70. The van der Waals surface area contributed by atoms with Crippen molar-refractivity contribution in [1.82, 2.24) is 0 Å². The third kappa shape index (κ3) is 2.08. The Hall–Kier alpha value is -1.90. The molecule has 1 unspecified atom stereocenters. The molecular formula is C15H18N2O. The summed E-state index contributed by atoms with van der Waals surface area (Å²) in [5.74, 6) is 0. The summed E-state index contributed by atoms with van der Waals surface area (Å²) < 4.78 is 5.25. The van der Waals surface area contributed by atoms with Gasteiger partial charge in [-0.25, -0.2) is 0 Å². The van der Waals surface area contributed by atoms with Gasteiger partial charge in [0.1, 0.15) is 12.5 Å². The van der Waals surface area contributed by atoms with Crippen molar-refractivity contribution in [1.29, 1.82) is 0 Å². The molecule has 1 atom stereocenters. The van der Waals surface area contributed by atoms with E-state index in [0.29, 0.717) is 6.04 Å². The van der Waals surface area contributed by atoms with E-state index in [1.54, 1.807) is 12.5 Å². The highest BCUT2D eigenvalue weighted by atomic mass is 16.3. The van der Waals surface area contributed by atoms with Crippen molar-refractivity contribution >= 4 is 11.4 Å². The molecule has 2 aromatic rings. The van der Waals surface area contributed by atoms with Gasteiger partial charge in [-0.1, -0.05) is 29.8 Å². The Morgan fingerprint density at radius 2 is 2.06 bits per heavy atom. The van der Waals surface area contributed by atoms with Crippen LogP contribution in [0.3, 0.4) is 0 Å². The number of aryl methyl sites for hydroxylation is 1. The summed E-state index contributed by atoms with van der Waals surface area (Å²) in [6, 6.07) is 9.20. The number of anilines is 2. The highest BCUT2D eigenvalue weighted by Gasteiger charge is 2.22. The lowest BCUT2D eigenvalue weighted by atomic mass is 10.0. The molecule has 3 rings (SSSR count). The molecule has 0 bridgehead atoms. The van der Waals surface area contributed by atoms with Crippen molar-refractivity contribution in [3.8, 4) is 0 Å². The lowest BCUT2D eigenvalue weighted by Crippen LogP contribution is -2.40. The molecule has 0 saturated carbocycles. The van der Waals surface area contributed by atoms with Crippen LogP contribution in [0.15, 0.2) is 41.2 Å². The van der Waals surface area contributed by atoms with E-state index in [0.717, 1.165) is 24.3 Å². The fourth-order valence-corrected chi connectivity index (χ4v) is 2.51. The number of likely N-dealkylation sites (N-methyl/N-ethyl adjacent to an activating group) is 1. The molecule has 0 fully saturated rings. The first-order valence-electron chi connectivity index (χ1n) is 6.32. The molecule has 2 heterocycles. The predicted molar refractivity (Wildman–Crippen MR) is 74.3 cm³/mol. The molecule has 1 aliphatic rings. The standard InChI is InChI=1S/C15H18N2O/c1-11-3-5-12(6-4-11)7-13-8-17(2)15-10-18-9-14(15)16-13/h3-6,9-10,13,16H,7-8H2,1-2H3. The zero-order valence-corrected chi connectivity index (χ0v) is 10.8. The van der Waals surface area contributed by atoms with Gasteiger partial charge in [0.2, 0.25) is 0 Å². The minimum atomic E-state index is 0.433. The van der Waals surface area contributed by atoms with Crippen LogP contribution in [0.25, 0.3) is 0 Å². The van der Waals surface area contributed by atoms with Gasteiger partial charge in [0.15, 0.2) is 0 Å². The van der Waals surface area contributed by atoms with Gasteiger partial charge in [-0.2, -0.15) is 0 Å². The molecule has 18 heavy (non-hydrogen) atoms. The average Bonchev–Trinajstić information content (AvgIpc) is 2.81. The molecule has 0 aliphatic carbocycles. The van der Waals surface area contributed by atoms with Crippen molar-refractivity contribution < 1.29 is 4.42 Å². The minimum Gasteiger partial charge on any atom is -0.468 e. The average molecular weight is 242 g/mol. The normalized spacial score (nSPS) is 18.3. The summed E-state index contributed by atoms with van der Waals surface area (Å²) in [7, 11) is 2.11. The van der Waals surface area contributed by atoms with Gasteiger partial charge in [-0.15, -0.1) is 0 Å². The van der Waals surface area contributed by atoms with E-state index in [1.165, 1.54) is 11.1 Å². The smallest absolute Gasteiger partial charge is 0.116 e. The number of fused-ring (bicyclic) bond motifs is 1. The van der Waals surface area contributed by atoms with Crippen LogP contribution in [-0.2, 0) is 6.42 Å². The summed E-state index contributed by atoms with van der Waals surface area (Å²) in [6.07, 6.45) is 4.62. The van der Waals surface area contributed by atoms with E-state index in [-0.39, 0.29) is 0 Å². The van der Waals surface area contributed by atoms with Crippen LogP contribution in [0, 0.1) is 6.92 Å². The maximum atomic E-state index is 5.25. The lowest BCUT2D eigenvalue weighted by Gasteiger charge is -2.32. The Balaban J connectivity index is 1.74. The largest absolute Gasteiger partial charge is 0.468 e. The molecule has 1 aliphatic heterocycles. The maximum Gasteiger partial charge on any atom is 0.116 e. The fraction of sp³-hybridized carbons (Fsp3) is 0.333. The van der Waals surface area contributed by atoms with E-state index in [4.69, 9.17) is 4.42 Å². The predicted octanol–water partition coefficient (Wildman–Crippen LogP) is 3.06. The van der Waals surface area contributed by atoms with Crippen LogP contribution < -0.4 is 10.2 Å². The SMILES string of the molecule is Cc1ccc(CC2CN(C)c3cocc3N2)cc1. The molecule has 3 heteroatoms. The number of furan rings is 1. The number of hydrogen-bond donors (Lipinski definition) is 1. The van der Waals surface area contributed by atoms with Gasteiger partial charge < -0.3 is 14.6 Å². The van der Waals surface area contributed by atoms with Crippen molar-refractivity contribution in [2.45, 2.75) is 19.4 Å². The first-order valence-corrected chi connectivity index (χ1v) is 6.32. The Morgan fingerprint density at radius 3 is 2.83 bits per heavy atom. The van der Waals surface area contributed by atoms with Crippen LogP contribution in [0.2, 0.25) is 0 Å². The summed E-state index contributed by atoms with van der Waals surface area (Å²) in [5.41, 5.74) is 4.93. The fourth-order valence-electron chi connectivity index (χ4n) is 2.51. The third-order valence-corrected chi connectivity index (χ3v) is 3.51. The Labute approximate surface area is 107 Å². The molecule has 1 aromatic carbocycles. The summed E-state index contributed by atoms with van der Waals surface area (Å²) in [5, 5.41) is 3.54. The Kier molecular flexibility index (Phi) is 2.74. The number of benzene rings is 1. The molecule has 0 saturated heterocycles. The van der Waals surface area contributed by atoms with E-state index in [9.17, 15) is 0 Å². The summed E-state index contributed by atoms with van der Waals surface area (Å²) >= 11 is 0. The van der Waals surface area contributed by atoms with Crippen LogP contribution in [0.5, 0.6) is 0 Å². The van der Waals surface area contributed by atoms with Gasteiger partial charge in [-0.3, -0.25) is 0 Å². The zero-order valence-electron chi connectivity index (χ0n) is 10.8. The molecule has 3 nitrogen and oxygen atoms in total. The molecule has 1 aromatic heterocycles. The summed E-state index contributed by atoms with van der Waals surface area (Å²) in [6.45, 7) is 3.12. The Morgan fingerprint density at radius 1 is 1.28 bits per heavy atom. The van der Waals surface area contributed by atoms with Crippen LogP contribution >= 0.6 is 0 Å². The molecule has 94 valence electrons. The van der Waals surface area contributed by atoms with E-state index < -0.39 is 0 Å². The molecule has 0 amide bonds. The second kappa shape index (κ2) is 4.41. The maximum absolute atomic E-state index is 5.25. The van der Waals surface area contributed by atoms with E-state index in [1.807, 2.05) is 0 Å². The second-order valence-corrected chi connectivity index (χ2v) is 5.08. The molecule has 0 spiro atoms. The van der Waals surface area contributed by atoms with Crippen molar-refractivity contribution in [2.75, 3.05) is 23.8 Å².